The number of fused-ring (bicyclic) bond motifs is 2. The van der Waals surface area contributed by atoms with Crippen molar-refractivity contribution in [2.45, 2.75) is 50.6 Å². The Labute approximate surface area is 189 Å². The summed E-state index contributed by atoms with van der Waals surface area (Å²) in [5, 5.41) is 16.4. The van der Waals surface area contributed by atoms with Gasteiger partial charge in [0.15, 0.2) is 0 Å². The van der Waals surface area contributed by atoms with Gasteiger partial charge < -0.3 is 10.4 Å². The van der Waals surface area contributed by atoms with Gasteiger partial charge in [0.1, 0.15) is 17.3 Å². The summed E-state index contributed by atoms with van der Waals surface area (Å²) < 4.78 is 15.3. The lowest BCUT2D eigenvalue weighted by molar-refractivity contribution is -0.139. The van der Waals surface area contributed by atoms with Crippen LogP contribution >= 0.6 is 23.2 Å². The molecule has 1 spiro atoms. The van der Waals surface area contributed by atoms with Crippen LogP contribution in [0, 0.1) is 11.2 Å². The summed E-state index contributed by atoms with van der Waals surface area (Å²) in [6.45, 7) is 6.04. The van der Waals surface area contributed by atoms with E-state index in [2.05, 4.69) is 10.6 Å². The van der Waals surface area contributed by atoms with Gasteiger partial charge in [-0.25, -0.2) is 4.39 Å². The lowest BCUT2D eigenvalue weighted by atomic mass is 9.62. The van der Waals surface area contributed by atoms with E-state index in [1.807, 2.05) is 20.8 Å². The molecule has 1 amide bonds. The molecule has 1 saturated heterocycles. The van der Waals surface area contributed by atoms with Crippen molar-refractivity contribution in [1.82, 2.24) is 5.32 Å². The Morgan fingerprint density at radius 2 is 1.94 bits per heavy atom. The van der Waals surface area contributed by atoms with E-state index in [0.717, 1.165) is 0 Å². The van der Waals surface area contributed by atoms with Crippen LogP contribution in [0.3, 0.4) is 0 Å². The van der Waals surface area contributed by atoms with Crippen LogP contribution in [0.2, 0.25) is 10.0 Å². The number of carboxylic acid groups (broad SMARTS) is 1. The van der Waals surface area contributed by atoms with Gasteiger partial charge in [0.05, 0.1) is 5.02 Å². The Morgan fingerprint density at radius 3 is 2.58 bits per heavy atom. The number of hydrogen-bond acceptors (Lipinski definition) is 3. The molecular weight excluding hydrogens is 442 g/mol. The Hall–Kier alpha value is -2.15. The van der Waals surface area contributed by atoms with Gasteiger partial charge in [-0.1, -0.05) is 62.2 Å². The van der Waals surface area contributed by atoms with E-state index in [1.54, 1.807) is 24.3 Å². The summed E-state index contributed by atoms with van der Waals surface area (Å²) in [7, 11) is 0. The number of rotatable bonds is 3. The van der Waals surface area contributed by atoms with Crippen molar-refractivity contribution in [1.29, 1.82) is 0 Å². The van der Waals surface area contributed by atoms with Gasteiger partial charge in [-0.05, 0) is 41.2 Å². The van der Waals surface area contributed by atoms with Crippen LogP contribution in [0.15, 0.2) is 36.4 Å². The third-order valence-electron chi connectivity index (χ3n) is 6.20. The van der Waals surface area contributed by atoms with Crippen molar-refractivity contribution >= 4 is 40.8 Å². The molecule has 4 atom stereocenters. The summed E-state index contributed by atoms with van der Waals surface area (Å²) in [5.74, 6) is -3.26. The second-order valence-electron chi connectivity index (χ2n) is 9.43. The lowest BCUT2D eigenvalue weighted by Crippen LogP contribution is -2.49. The first-order chi connectivity index (χ1) is 14.5. The molecule has 0 aromatic heterocycles. The number of carbonyl (C=O) groups excluding carboxylic acids is 1. The van der Waals surface area contributed by atoms with Gasteiger partial charge >= 0.3 is 5.97 Å². The molecule has 0 aliphatic carbocycles. The van der Waals surface area contributed by atoms with Crippen LogP contribution in [0.5, 0.6) is 0 Å². The number of hydrogen-bond donors (Lipinski definition) is 3. The van der Waals surface area contributed by atoms with Gasteiger partial charge in [0.25, 0.3) is 0 Å². The lowest BCUT2D eigenvalue weighted by Gasteiger charge is -2.37. The first kappa shape index (κ1) is 22.1. The summed E-state index contributed by atoms with van der Waals surface area (Å²) in [6, 6.07) is 7.76. The van der Waals surface area contributed by atoms with E-state index in [-0.39, 0.29) is 21.9 Å². The normalized spacial score (nSPS) is 27.4. The van der Waals surface area contributed by atoms with Gasteiger partial charge in [0, 0.05) is 22.7 Å². The third-order valence-corrected chi connectivity index (χ3v) is 6.73. The van der Waals surface area contributed by atoms with E-state index in [0.29, 0.717) is 22.7 Å². The average Bonchev–Trinajstić information content (AvgIpc) is 3.12. The zero-order chi connectivity index (χ0) is 22.7. The Morgan fingerprint density at radius 1 is 1.23 bits per heavy atom. The predicted molar refractivity (Wildman–Crippen MR) is 118 cm³/mol. The molecule has 2 aromatic rings. The highest BCUT2D eigenvalue weighted by Gasteiger charge is 2.66. The minimum atomic E-state index is -1.35. The molecule has 1 fully saturated rings. The van der Waals surface area contributed by atoms with E-state index in [4.69, 9.17) is 23.2 Å². The number of carboxylic acids is 1. The van der Waals surface area contributed by atoms with E-state index < -0.39 is 35.2 Å². The van der Waals surface area contributed by atoms with Crippen molar-refractivity contribution in [3.8, 4) is 0 Å². The summed E-state index contributed by atoms with van der Waals surface area (Å²) >= 11 is 12.2. The highest BCUT2D eigenvalue weighted by molar-refractivity contribution is 6.31. The van der Waals surface area contributed by atoms with Gasteiger partial charge in [-0.2, -0.15) is 0 Å². The fourth-order valence-electron chi connectivity index (χ4n) is 5.14. The van der Waals surface area contributed by atoms with Crippen LogP contribution in [-0.2, 0) is 15.0 Å². The number of aliphatic carboxylic acids is 1. The molecule has 31 heavy (non-hydrogen) atoms. The molecule has 8 heteroatoms. The molecule has 4 rings (SSSR count). The number of nitrogens with one attached hydrogen (secondary N) is 2. The topological polar surface area (TPSA) is 78.4 Å². The van der Waals surface area contributed by atoms with E-state index in [1.165, 1.54) is 12.1 Å². The molecule has 164 valence electrons. The summed E-state index contributed by atoms with van der Waals surface area (Å²) in [6.07, 6.45) is 0.491. The summed E-state index contributed by atoms with van der Waals surface area (Å²) in [5.41, 5.74) is -0.359. The zero-order valence-electron chi connectivity index (χ0n) is 17.3. The van der Waals surface area contributed by atoms with Crippen molar-refractivity contribution in [2.75, 3.05) is 5.32 Å². The van der Waals surface area contributed by atoms with Crippen molar-refractivity contribution in [3.63, 3.8) is 0 Å². The maximum atomic E-state index is 15.3. The van der Waals surface area contributed by atoms with Gasteiger partial charge in [-0.15, -0.1) is 0 Å². The Balaban J connectivity index is 2.04. The average molecular weight is 465 g/mol. The molecule has 0 bridgehead atoms. The Bertz CT molecular complexity index is 1080. The maximum absolute atomic E-state index is 15.3. The van der Waals surface area contributed by atoms with Gasteiger partial charge in [-0.3, -0.25) is 14.9 Å². The number of halogens is 3. The second kappa shape index (κ2) is 7.47. The number of benzene rings is 2. The molecule has 2 aromatic carbocycles. The minimum absolute atomic E-state index is 0.0989. The van der Waals surface area contributed by atoms with Crippen LogP contribution in [0.25, 0.3) is 0 Å². The van der Waals surface area contributed by atoms with Gasteiger partial charge in [0.2, 0.25) is 5.91 Å². The zero-order valence-corrected chi connectivity index (χ0v) is 18.8. The smallest absolute Gasteiger partial charge is 0.321 e. The maximum Gasteiger partial charge on any atom is 0.321 e. The SMILES string of the molecule is CC(C)(C)C[C@@H]1N[C@@H](C(=O)O)[C@H](c2cccc(Cl)c2F)C12C(=O)Nc1cc(Cl)ccc12. The first-order valence-electron chi connectivity index (χ1n) is 10.0. The third kappa shape index (κ3) is 3.41. The fourth-order valence-corrected chi connectivity index (χ4v) is 5.49. The molecule has 2 aliphatic heterocycles. The summed E-state index contributed by atoms with van der Waals surface area (Å²) in [4.78, 5) is 26.0. The first-order valence-corrected chi connectivity index (χ1v) is 10.8. The van der Waals surface area contributed by atoms with Crippen LogP contribution in [0.1, 0.15) is 44.2 Å². The highest BCUT2D eigenvalue weighted by atomic mass is 35.5. The molecular formula is C23H23Cl2FN2O3. The molecule has 2 aliphatic rings. The molecule has 3 N–H and O–H groups in total. The standard InChI is InChI=1S/C23H23Cl2FN2O3/c1-22(2,3)10-16-23(13-8-7-11(24)9-15(13)27-21(23)31)17(19(28-16)20(29)30)12-5-4-6-14(25)18(12)26/h4-9,16-17,19,28H,10H2,1-3H3,(H,27,31)(H,29,30)/t16-,17-,19+,23?/m0/s1. The highest BCUT2D eigenvalue weighted by Crippen LogP contribution is 2.57. The van der Waals surface area contributed by atoms with E-state index >= 15 is 4.39 Å². The molecule has 5 nitrogen and oxygen atoms in total. The predicted octanol–water partition coefficient (Wildman–Crippen LogP) is 4.97. The van der Waals surface area contributed by atoms with Crippen LogP contribution < -0.4 is 10.6 Å². The quantitative estimate of drug-likeness (QED) is 0.599. The van der Waals surface area contributed by atoms with Crippen molar-refractivity contribution in [2.24, 2.45) is 5.41 Å². The molecule has 1 unspecified atom stereocenters. The van der Waals surface area contributed by atoms with E-state index in [9.17, 15) is 14.7 Å². The van der Waals surface area contributed by atoms with Crippen molar-refractivity contribution in [3.05, 3.63) is 63.4 Å². The second-order valence-corrected chi connectivity index (χ2v) is 10.3. The molecule has 0 radical (unpaired) electrons. The largest absolute Gasteiger partial charge is 0.480 e. The van der Waals surface area contributed by atoms with Crippen LogP contribution in [0.4, 0.5) is 10.1 Å². The number of anilines is 1. The van der Waals surface area contributed by atoms with Crippen molar-refractivity contribution < 1.29 is 19.1 Å². The number of amides is 1. The number of carbonyl (C=O) groups is 2. The molecule has 2 heterocycles. The Kier molecular flexibility index (Phi) is 5.31. The molecule has 0 saturated carbocycles. The monoisotopic (exact) mass is 464 g/mol. The fraction of sp³-hybridized carbons (Fsp3) is 0.391. The minimum Gasteiger partial charge on any atom is -0.480 e. The van der Waals surface area contributed by atoms with Crippen LogP contribution in [-0.4, -0.2) is 29.1 Å².